The van der Waals surface area contributed by atoms with E-state index in [-0.39, 0.29) is 10.9 Å². The van der Waals surface area contributed by atoms with Gasteiger partial charge in [-0.1, -0.05) is 35.3 Å². The van der Waals surface area contributed by atoms with Crippen molar-refractivity contribution < 1.29 is 9.53 Å². The number of halogens is 2. The molecule has 7 heteroatoms. The highest BCUT2D eigenvalue weighted by atomic mass is 35.5. The highest BCUT2D eigenvalue weighted by molar-refractivity contribution is 6.44. The minimum absolute atomic E-state index is 0.201. The summed E-state index contributed by atoms with van der Waals surface area (Å²) in [5.41, 5.74) is 3.28. The number of hydrogen-bond donors (Lipinski definition) is 1. The van der Waals surface area contributed by atoms with Crippen LogP contribution in [0.2, 0.25) is 10.0 Å². The number of fused-ring (bicyclic) bond motifs is 1. The summed E-state index contributed by atoms with van der Waals surface area (Å²) >= 11 is 12.8. The average molecular weight is 388 g/mol. The molecule has 0 saturated carbocycles. The Morgan fingerprint density at radius 1 is 1.19 bits per heavy atom. The Hall–Kier alpha value is -2.50. The van der Waals surface area contributed by atoms with Gasteiger partial charge in [-0.25, -0.2) is 4.98 Å². The maximum atomic E-state index is 12.2. The lowest BCUT2D eigenvalue weighted by Gasteiger charge is -2.14. The number of ether oxygens (including phenoxy) is 1. The fraction of sp³-hybridized carbons (Fsp3) is 0.158. The molecule has 1 aliphatic rings. The minimum Gasteiger partial charge on any atom is -0.489 e. The van der Waals surface area contributed by atoms with Crippen molar-refractivity contribution in [3.8, 4) is 11.4 Å². The van der Waals surface area contributed by atoms with Crippen LogP contribution in [0.3, 0.4) is 0 Å². The van der Waals surface area contributed by atoms with Gasteiger partial charge in [0.25, 0.3) is 5.91 Å². The molecule has 0 radical (unpaired) electrons. The fourth-order valence-electron chi connectivity index (χ4n) is 2.93. The summed E-state index contributed by atoms with van der Waals surface area (Å²) in [4.78, 5) is 16.3. The molecule has 0 atom stereocenters. The van der Waals surface area contributed by atoms with Crippen molar-refractivity contribution in [2.24, 2.45) is 0 Å². The van der Waals surface area contributed by atoms with Crippen LogP contribution in [0, 0.1) is 0 Å². The number of nitrogens with one attached hydrogen (secondary N) is 1. The summed E-state index contributed by atoms with van der Waals surface area (Å²) in [6.45, 7) is 0.802. The zero-order valence-corrected chi connectivity index (χ0v) is 15.2. The van der Waals surface area contributed by atoms with Gasteiger partial charge in [-0.05, 0) is 35.7 Å². The molecular formula is C19H15Cl2N3O2. The maximum Gasteiger partial charge on any atom is 0.255 e. The Morgan fingerprint density at radius 3 is 2.73 bits per heavy atom. The second-order valence-corrected chi connectivity index (χ2v) is 6.71. The quantitative estimate of drug-likeness (QED) is 0.741. The number of imidazole rings is 1. The first kappa shape index (κ1) is 16.9. The van der Waals surface area contributed by atoms with Gasteiger partial charge in [-0.15, -0.1) is 0 Å². The van der Waals surface area contributed by atoms with Gasteiger partial charge in [-0.2, -0.15) is 0 Å². The van der Waals surface area contributed by atoms with Crippen molar-refractivity contribution in [1.29, 1.82) is 0 Å². The molecule has 26 heavy (non-hydrogen) atoms. The molecule has 0 aliphatic carbocycles. The lowest BCUT2D eigenvalue weighted by atomic mass is 10.0. The number of rotatable bonds is 3. The summed E-state index contributed by atoms with van der Waals surface area (Å²) in [5.74, 6) is 0.152. The molecule has 1 amide bonds. The predicted octanol–water partition coefficient (Wildman–Crippen LogP) is 3.89. The normalized spacial score (nSPS) is 13.5. The second-order valence-electron chi connectivity index (χ2n) is 5.96. The van der Waals surface area contributed by atoms with E-state index in [1.165, 1.54) is 0 Å². The molecule has 1 aliphatic heterocycles. The van der Waals surface area contributed by atoms with E-state index in [1.807, 2.05) is 35.0 Å². The van der Waals surface area contributed by atoms with Gasteiger partial charge in [0.15, 0.2) is 5.75 Å². The van der Waals surface area contributed by atoms with Gasteiger partial charge >= 0.3 is 0 Å². The Bertz CT molecular complexity index is 954. The van der Waals surface area contributed by atoms with Gasteiger partial charge < -0.3 is 14.6 Å². The molecule has 1 N–H and O–H groups in total. The monoisotopic (exact) mass is 387 g/mol. The van der Waals surface area contributed by atoms with Crippen LogP contribution in [0.4, 0.5) is 0 Å². The number of hydrogen-bond acceptors (Lipinski definition) is 3. The Labute approximate surface area is 160 Å². The molecule has 0 saturated heterocycles. The first-order chi connectivity index (χ1) is 12.6. The predicted molar refractivity (Wildman–Crippen MR) is 101 cm³/mol. The van der Waals surface area contributed by atoms with Gasteiger partial charge in [0, 0.05) is 18.1 Å². The van der Waals surface area contributed by atoms with E-state index >= 15 is 0 Å². The largest absolute Gasteiger partial charge is 0.489 e. The van der Waals surface area contributed by atoms with Gasteiger partial charge in [0.05, 0.1) is 23.5 Å². The highest BCUT2D eigenvalue weighted by Gasteiger charge is 2.23. The van der Waals surface area contributed by atoms with E-state index < -0.39 is 0 Å². The van der Waals surface area contributed by atoms with Crippen LogP contribution in [-0.2, 0) is 6.42 Å². The van der Waals surface area contributed by atoms with E-state index in [2.05, 4.69) is 10.3 Å². The molecule has 0 fully saturated rings. The van der Waals surface area contributed by atoms with E-state index in [9.17, 15) is 4.79 Å². The first-order valence-corrected chi connectivity index (χ1v) is 8.88. The molecule has 132 valence electrons. The van der Waals surface area contributed by atoms with Crippen molar-refractivity contribution in [3.05, 3.63) is 75.8 Å². The summed E-state index contributed by atoms with van der Waals surface area (Å²) in [5, 5.41) is 3.49. The van der Waals surface area contributed by atoms with Crippen LogP contribution < -0.4 is 10.1 Å². The molecule has 0 bridgehead atoms. The molecule has 0 spiro atoms. The van der Waals surface area contributed by atoms with E-state index in [1.54, 1.807) is 18.6 Å². The van der Waals surface area contributed by atoms with Crippen molar-refractivity contribution in [1.82, 2.24) is 14.9 Å². The minimum atomic E-state index is -0.201. The van der Waals surface area contributed by atoms with Crippen molar-refractivity contribution in [2.75, 3.05) is 13.2 Å². The summed E-state index contributed by atoms with van der Waals surface area (Å²) in [6.07, 6.45) is 5.93. The summed E-state index contributed by atoms with van der Waals surface area (Å²) in [6, 6.07) is 9.80. The first-order valence-electron chi connectivity index (χ1n) is 8.12. The Kier molecular flexibility index (Phi) is 4.57. The second kappa shape index (κ2) is 7.02. The standard InChI is InChI=1S/C19H15Cl2N3O2/c20-16-13(10-15-18(17(16)21)26-8-6-23-19(15)25)9-12-1-3-14(4-2-12)24-7-5-22-11-24/h1-5,7,10-11H,6,8-9H2,(H,23,25). The average Bonchev–Trinajstić information content (AvgIpc) is 3.12. The molecule has 1 aromatic heterocycles. The van der Waals surface area contributed by atoms with Crippen LogP contribution in [0.1, 0.15) is 21.5 Å². The molecular weight excluding hydrogens is 373 g/mol. The third-order valence-corrected chi connectivity index (χ3v) is 5.14. The smallest absolute Gasteiger partial charge is 0.255 e. The third kappa shape index (κ3) is 3.16. The van der Waals surface area contributed by atoms with Crippen LogP contribution >= 0.6 is 23.2 Å². The molecule has 5 nitrogen and oxygen atoms in total. The van der Waals surface area contributed by atoms with E-state index in [0.717, 1.165) is 16.8 Å². The number of nitrogens with zero attached hydrogens (tertiary/aromatic N) is 2. The van der Waals surface area contributed by atoms with Crippen molar-refractivity contribution >= 4 is 29.1 Å². The molecule has 0 unspecified atom stereocenters. The van der Waals surface area contributed by atoms with Gasteiger partial charge in [0.1, 0.15) is 11.6 Å². The number of amides is 1. The van der Waals surface area contributed by atoms with Crippen LogP contribution in [0.25, 0.3) is 5.69 Å². The zero-order chi connectivity index (χ0) is 18.1. The van der Waals surface area contributed by atoms with E-state index in [4.69, 9.17) is 27.9 Å². The maximum absolute atomic E-state index is 12.2. The Morgan fingerprint density at radius 2 is 2.00 bits per heavy atom. The zero-order valence-electron chi connectivity index (χ0n) is 13.7. The molecule has 4 rings (SSSR count). The number of carbonyl (C=O) groups is 1. The molecule has 2 heterocycles. The number of carbonyl (C=O) groups excluding carboxylic acids is 1. The topological polar surface area (TPSA) is 56.1 Å². The summed E-state index contributed by atoms with van der Waals surface area (Å²) < 4.78 is 7.51. The molecule has 3 aromatic rings. The highest BCUT2D eigenvalue weighted by Crippen LogP contribution is 2.39. The number of aromatic nitrogens is 2. The third-order valence-electron chi connectivity index (χ3n) is 4.25. The number of benzene rings is 2. The summed E-state index contributed by atoms with van der Waals surface area (Å²) in [7, 11) is 0. The SMILES string of the molecule is O=C1NCCOc2c1cc(Cc1ccc(-n3ccnc3)cc1)c(Cl)c2Cl. The Balaban J connectivity index is 1.66. The van der Waals surface area contributed by atoms with E-state index in [0.29, 0.717) is 35.9 Å². The molecule has 2 aromatic carbocycles. The van der Waals surface area contributed by atoms with Crippen LogP contribution in [0.5, 0.6) is 5.75 Å². The van der Waals surface area contributed by atoms with Crippen molar-refractivity contribution in [2.45, 2.75) is 6.42 Å². The van der Waals surface area contributed by atoms with Crippen LogP contribution in [0.15, 0.2) is 49.1 Å². The van der Waals surface area contributed by atoms with Crippen LogP contribution in [-0.4, -0.2) is 28.6 Å². The lowest BCUT2D eigenvalue weighted by Crippen LogP contribution is -2.24. The van der Waals surface area contributed by atoms with Gasteiger partial charge in [-0.3, -0.25) is 4.79 Å². The van der Waals surface area contributed by atoms with Crippen molar-refractivity contribution in [3.63, 3.8) is 0 Å². The van der Waals surface area contributed by atoms with Gasteiger partial charge in [0.2, 0.25) is 0 Å². The fourth-order valence-corrected chi connectivity index (χ4v) is 3.42. The lowest BCUT2D eigenvalue weighted by molar-refractivity contribution is 0.0957.